The highest BCUT2D eigenvalue weighted by Crippen LogP contribution is 2.33. The Morgan fingerprint density at radius 1 is 0.969 bits per heavy atom. The van der Waals surface area contributed by atoms with Gasteiger partial charge in [-0.25, -0.2) is 4.98 Å². The van der Waals surface area contributed by atoms with Crippen LogP contribution in [-0.4, -0.2) is 41.1 Å². The quantitative estimate of drug-likeness (QED) is 0.383. The van der Waals surface area contributed by atoms with Crippen molar-refractivity contribution in [3.63, 3.8) is 0 Å². The molecule has 1 aliphatic rings. The molecular weight excluding hydrogens is 424 g/mol. The Labute approximate surface area is 191 Å². The second-order valence-electron chi connectivity index (χ2n) is 8.18. The van der Waals surface area contributed by atoms with Crippen molar-refractivity contribution in [1.29, 1.82) is 0 Å². The van der Waals surface area contributed by atoms with E-state index in [-0.39, 0.29) is 18.1 Å². The summed E-state index contributed by atoms with van der Waals surface area (Å²) in [5, 5.41) is 1.44. The minimum absolute atomic E-state index is 0.00137. The number of nitrogens with zero attached hydrogens (tertiary/aromatic N) is 2. The van der Waals surface area contributed by atoms with Crippen LogP contribution in [-0.2, 0) is 4.74 Å². The Bertz CT molecular complexity index is 1290. The number of carbonyl (C=O) groups excluding carboxylic acids is 1. The van der Waals surface area contributed by atoms with E-state index in [4.69, 9.17) is 25.7 Å². The fourth-order valence-corrected chi connectivity index (χ4v) is 4.50. The van der Waals surface area contributed by atoms with Gasteiger partial charge in [0.2, 0.25) is 0 Å². The van der Waals surface area contributed by atoms with Crippen LogP contribution in [0.25, 0.3) is 33.7 Å². The highest BCUT2D eigenvalue weighted by Gasteiger charge is 2.28. The number of carbonyl (C=O) groups is 1. The van der Waals surface area contributed by atoms with Gasteiger partial charge in [0, 0.05) is 24.0 Å². The number of ether oxygens (including phenoxy) is 1. The van der Waals surface area contributed by atoms with Gasteiger partial charge in [-0.15, -0.1) is 0 Å². The van der Waals surface area contributed by atoms with Gasteiger partial charge < -0.3 is 14.1 Å². The first kappa shape index (κ1) is 20.7. The molecule has 162 valence electrons. The van der Waals surface area contributed by atoms with Crippen LogP contribution in [0.1, 0.15) is 24.2 Å². The molecule has 4 aromatic rings. The van der Waals surface area contributed by atoms with E-state index in [2.05, 4.69) is 0 Å². The number of hydrogen-bond donors (Lipinski definition) is 0. The normalized spacial score (nSPS) is 18.8. The van der Waals surface area contributed by atoms with Gasteiger partial charge in [-0.2, -0.15) is 0 Å². The van der Waals surface area contributed by atoms with Crippen LogP contribution in [0.3, 0.4) is 0 Å². The smallest absolute Gasteiger partial charge is 0.254 e. The average molecular weight is 447 g/mol. The molecular formula is C26H23ClN2O3. The maximum absolute atomic E-state index is 13.6. The minimum atomic E-state index is -0.0234. The molecule has 0 N–H and O–H groups in total. The summed E-state index contributed by atoms with van der Waals surface area (Å²) in [6.45, 7) is 5.11. The van der Waals surface area contributed by atoms with E-state index in [1.807, 2.05) is 85.5 Å². The topological polar surface area (TPSA) is 55.6 Å². The number of halogens is 1. The van der Waals surface area contributed by atoms with Gasteiger partial charge >= 0.3 is 0 Å². The highest BCUT2D eigenvalue weighted by molar-refractivity contribution is 6.33. The van der Waals surface area contributed by atoms with Crippen LogP contribution in [0.4, 0.5) is 0 Å². The van der Waals surface area contributed by atoms with Gasteiger partial charge in [0.25, 0.3) is 5.91 Å². The molecule has 2 unspecified atom stereocenters. The van der Waals surface area contributed by atoms with Crippen LogP contribution < -0.4 is 0 Å². The molecule has 0 saturated carbocycles. The number of fused-ring (bicyclic) bond motifs is 1. The van der Waals surface area contributed by atoms with Crippen molar-refractivity contribution in [2.45, 2.75) is 26.1 Å². The summed E-state index contributed by atoms with van der Waals surface area (Å²) in [6, 6.07) is 20.8. The Balaban J connectivity index is 1.57. The lowest BCUT2D eigenvalue weighted by Gasteiger charge is -2.35. The molecule has 1 aliphatic heterocycles. The fourth-order valence-electron chi connectivity index (χ4n) is 4.27. The molecule has 2 aromatic heterocycles. The Hall–Kier alpha value is -3.15. The average Bonchev–Trinajstić information content (AvgIpc) is 3.27. The van der Waals surface area contributed by atoms with E-state index in [9.17, 15) is 4.79 Å². The summed E-state index contributed by atoms with van der Waals surface area (Å²) in [4.78, 5) is 20.2. The van der Waals surface area contributed by atoms with E-state index in [0.717, 1.165) is 16.5 Å². The number of amides is 1. The van der Waals surface area contributed by atoms with Crippen molar-refractivity contribution in [3.8, 4) is 22.8 Å². The first-order valence-corrected chi connectivity index (χ1v) is 11.1. The summed E-state index contributed by atoms with van der Waals surface area (Å²) in [5.74, 6) is 1.22. The van der Waals surface area contributed by atoms with Crippen molar-refractivity contribution < 1.29 is 13.9 Å². The number of para-hydroxylation sites is 1. The number of rotatable bonds is 3. The lowest BCUT2D eigenvalue weighted by Crippen LogP contribution is -2.48. The molecule has 3 heterocycles. The van der Waals surface area contributed by atoms with E-state index < -0.39 is 0 Å². The monoisotopic (exact) mass is 446 g/mol. The zero-order chi connectivity index (χ0) is 22.2. The van der Waals surface area contributed by atoms with Gasteiger partial charge in [0.15, 0.2) is 5.76 Å². The Morgan fingerprint density at radius 3 is 2.44 bits per heavy atom. The van der Waals surface area contributed by atoms with E-state index in [1.54, 1.807) is 0 Å². The Morgan fingerprint density at radius 2 is 1.66 bits per heavy atom. The third-order valence-corrected chi connectivity index (χ3v) is 5.98. The minimum Gasteiger partial charge on any atom is -0.454 e. The second-order valence-corrected chi connectivity index (χ2v) is 8.59. The number of hydrogen-bond acceptors (Lipinski definition) is 4. The number of pyridine rings is 1. The predicted octanol–water partition coefficient (Wildman–Crippen LogP) is 6.06. The van der Waals surface area contributed by atoms with Gasteiger partial charge in [0.05, 0.1) is 28.3 Å². The maximum atomic E-state index is 13.6. The molecule has 1 fully saturated rings. The van der Waals surface area contributed by atoms with Gasteiger partial charge in [-0.1, -0.05) is 41.9 Å². The van der Waals surface area contributed by atoms with Crippen LogP contribution in [0.2, 0.25) is 5.02 Å². The third-order valence-electron chi connectivity index (χ3n) is 5.65. The SMILES string of the molecule is CC1CN(C(=O)c2cc(-c3ccc(-c4ccccc4Cl)o3)nc3ccccc23)CC(C)O1. The zero-order valence-electron chi connectivity index (χ0n) is 17.9. The van der Waals surface area contributed by atoms with Gasteiger partial charge in [0.1, 0.15) is 11.5 Å². The Kier molecular flexibility index (Phi) is 5.45. The highest BCUT2D eigenvalue weighted by atomic mass is 35.5. The van der Waals surface area contributed by atoms with Crippen LogP contribution in [0, 0.1) is 0 Å². The molecule has 0 radical (unpaired) electrons. The molecule has 2 aromatic carbocycles. The molecule has 5 rings (SSSR count). The summed E-state index contributed by atoms with van der Waals surface area (Å²) < 4.78 is 11.9. The maximum Gasteiger partial charge on any atom is 0.254 e. The van der Waals surface area contributed by atoms with Crippen molar-refractivity contribution >= 4 is 28.4 Å². The van der Waals surface area contributed by atoms with Crippen molar-refractivity contribution in [2.24, 2.45) is 0 Å². The fraction of sp³-hybridized carbons (Fsp3) is 0.231. The summed E-state index contributed by atoms with van der Waals surface area (Å²) in [5.41, 5.74) is 2.79. The lowest BCUT2D eigenvalue weighted by molar-refractivity contribution is -0.0585. The molecule has 1 saturated heterocycles. The molecule has 2 atom stereocenters. The standard InChI is InChI=1S/C26H23ClN2O3/c1-16-14-29(15-17(2)31-16)26(30)20-13-23(28-22-10-6-4-7-18(20)22)25-12-11-24(32-25)19-8-3-5-9-21(19)27/h3-13,16-17H,14-15H2,1-2H3. The number of aromatic nitrogens is 1. The zero-order valence-corrected chi connectivity index (χ0v) is 18.7. The van der Waals surface area contributed by atoms with Crippen LogP contribution in [0.5, 0.6) is 0 Å². The molecule has 1 amide bonds. The molecule has 0 aliphatic carbocycles. The predicted molar refractivity (Wildman–Crippen MR) is 126 cm³/mol. The summed E-state index contributed by atoms with van der Waals surface area (Å²) in [7, 11) is 0. The third kappa shape index (κ3) is 3.90. The van der Waals surface area contributed by atoms with Gasteiger partial charge in [-0.3, -0.25) is 4.79 Å². The molecule has 6 heteroatoms. The number of morpholine rings is 1. The number of benzene rings is 2. The second kappa shape index (κ2) is 8.41. The molecule has 0 spiro atoms. The molecule has 0 bridgehead atoms. The van der Waals surface area contributed by atoms with Gasteiger partial charge in [-0.05, 0) is 50.2 Å². The first-order valence-electron chi connectivity index (χ1n) is 10.7. The van der Waals surface area contributed by atoms with Crippen LogP contribution in [0.15, 0.2) is 71.1 Å². The number of furan rings is 1. The van der Waals surface area contributed by atoms with Crippen molar-refractivity contribution in [2.75, 3.05) is 13.1 Å². The summed E-state index contributed by atoms with van der Waals surface area (Å²) >= 11 is 6.33. The van der Waals surface area contributed by atoms with E-state index in [0.29, 0.717) is 40.9 Å². The largest absolute Gasteiger partial charge is 0.454 e. The van der Waals surface area contributed by atoms with Crippen molar-refractivity contribution in [3.05, 3.63) is 77.3 Å². The van der Waals surface area contributed by atoms with Crippen LogP contribution >= 0.6 is 11.6 Å². The lowest BCUT2D eigenvalue weighted by atomic mass is 10.0. The van der Waals surface area contributed by atoms with E-state index >= 15 is 0 Å². The summed E-state index contributed by atoms with van der Waals surface area (Å²) in [6.07, 6.45) is -0.00273. The van der Waals surface area contributed by atoms with Crippen molar-refractivity contribution in [1.82, 2.24) is 9.88 Å². The molecule has 32 heavy (non-hydrogen) atoms. The first-order chi connectivity index (χ1) is 15.5. The van der Waals surface area contributed by atoms with E-state index in [1.165, 1.54) is 0 Å². The molecule has 5 nitrogen and oxygen atoms in total.